The number of benzene rings is 2. The van der Waals surface area contributed by atoms with Gasteiger partial charge in [0, 0.05) is 37.7 Å². The summed E-state index contributed by atoms with van der Waals surface area (Å²) >= 11 is 0. The van der Waals surface area contributed by atoms with Gasteiger partial charge in [-0.05, 0) is 18.7 Å². The van der Waals surface area contributed by atoms with E-state index in [9.17, 15) is 9.59 Å². The molecule has 0 aliphatic carbocycles. The molecule has 0 saturated heterocycles. The molecular formula is C23H26N4O2. The third kappa shape index (κ3) is 6.40. The minimum absolute atomic E-state index is 0.0862. The van der Waals surface area contributed by atoms with Crippen LogP contribution < -0.4 is 10.9 Å². The normalized spacial score (nSPS) is 10.8. The summed E-state index contributed by atoms with van der Waals surface area (Å²) in [6.45, 7) is 2.41. The number of likely N-dealkylation sites (N-methyl/N-ethyl adjacent to an activating group) is 1. The van der Waals surface area contributed by atoms with Gasteiger partial charge in [0.05, 0.1) is 12.2 Å². The fraction of sp³-hybridized carbons (Fsp3) is 0.261. The number of nitrogens with zero attached hydrogens (tertiary/aromatic N) is 3. The highest BCUT2D eigenvalue weighted by Gasteiger charge is 2.07. The topological polar surface area (TPSA) is 67.2 Å². The standard InChI is InChI=1S/C23H26N4O2/c1-26(18-19-8-4-2-5-9-19)17-15-24-22(28)14-16-27-23(29)13-12-21(25-27)20-10-6-3-7-11-20/h2-13H,14-18H2,1H3,(H,24,28). The minimum atomic E-state index is -0.208. The van der Waals surface area contributed by atoms with E-state index in [2.05, 4.69) is 27.4 Å². The number of carbonyl (C=O) groups is 1. The van der Waals surface area contributed by atoms with Gasteiger partial charge in [0.25, 0.3) is 5.56 Å². The van der Waals surface area contributed by atoms with Gasteiger partial charge in [-0.15, -0.1) is 0 Å². The van der Waals surface area contributed by atoms with Crippen molar-refractivity contribution in [1.82, 2.24) is 20.0 Å². The summed E-state index contributed by atoms with van der Waals surface area (Å²) in [6.07, 6.45) is 0.216. The SMILES string of the molecule is CN(CCNC(=O)CCn1nc(-c2ccccc2)ccc1=O)Cc1ccccc1. The van der Waals surface area contributed by atoms with Crippen LogP contribution in [0.1, 0.15) is 12.0 Å². The molecule has 1 aromatic heterocycles. The molecule has 0 aliphatic heterocycles. The van der Waals surface area contributed by atoms with E-state index in [-0.39, 0.29) is 24.4 Å². The third-order valence-electron chi connectivity index (χ3n) is 4.60. The number of hydrogen-bond acceptors (Lipinski definition) is 4. The molecule has 1 amide bonds. The van der Waals surface area contributed by atoms with Gasteiger partial charge in [-0.1, -0.05) is 60.7 Å². The Hall–Kier alpha value is -3.25. The maximum Gasteiger partial charge on any atom is 0.266 e. The molecule has 6 heteroatoms. The van der Waals surface area contributed by atoms with Crippen molar-refractivity contribution in [3.8, 4) is 11.3 Å². The number of amides is 1. The van der Waals surface area contributed by atoms with E-state index < -0.39 is 0 Å². The summed E-state index contributed by atoms with van der Waals surface area (Å²) in [5, 5.41) is 7.30. The lowest BCUT2D eigenvalue weighted by Gasteiger charge is -2.17. The highest BCUT2D eigenvalue weighted by atomic mass is 16.2. The summed E-state index contributed by atoms with van der Waals surface area (Å²) in [7, 11) is 2.03. The van der Waals surface area contributed by atoms with Crippen LogP contribution in [-0.4, -0.2) is 40.7 Å². The fourth-order valence-electron chi connectivity index (χ4n) is 3.03. The Balaban J connectivity index is 1.45. The Morgan fingerprint density at radius 3 is 2.41 bits per heavy atom. The number of aryl methyl sites for hydroxylation is 1. The molecule has 2 aromatic carbocycles. The first kappa shape index (κ1) is 20.5. The van der Waals surface area contributed by atoms with Gasteiger partial charge < -0.3 is 10.2 Å². The average molecular weight is 390 g/mol. The number of aromatic nitrogens is 2. The molecule has 0 spiro atoms. The molecule has 150 valence electrons. The van der Waals surface area contributed by atoms with Crippen molar-refractivity contribution in [2.45, 2.75) is 19.5 Å². The van der Waals surface area contributed by atoms with Crippen molar-refractivity contribution in [1.29, 1.82) is 0 Å². The van der Waals surface area contributed by atoms with Gasteiger partial charge in [0.15, 0.2) is 0 Å². The first-order valence-corrected chi connectivity index (χ1v) is 9.74. The van der Waals surface area contributed by atoms with E-state index >= 15 is 0 Å². The zero-order valence-corrected chi connectivity index (χ0v) is 16.6. The van der Waals surface area contributed by atoms with E-state index in [1.807, 2.05) is 55.6 Å². The minimum Gasteiger partial charge on any atom is -0.355 e. The van der Waals surface area contributed by atoms with E-state index in [4.69, 9.17) is 0 Å². The summed E-state index contributed by atoms with van der Waals surface area (Å²) in [5.41, 5.74) is 2.69. The molecule has 0 fully saturated rings. The Labute approximate surface area is 170 Å². The van der Waals surface area contributed by atoms with E-state index in [1.54, 1.807) is 6.07 Å². The van der Waals surface area contributed by atoms with Crippen molar-refractivity contribution >= 4 is 5.91 Å². The second kappa shape index (κ2) is 10.3. The Kier molecular flexibility index (Phi) is 7.30. The Bertz CT molecular complexity index is 971. The lowest BCUT2D eigenvalue weighted by molar-refractivity contribution is -0.121. The van der Waals surface area contributed by atoms with Crippen molar-refractivity contribution in [3.63, 3.8) is 0 Å². The average Bonchev–Trinajstić information content (AvgIpc) is 2.74. The summed E-state index contributed by atoms with van der Waals surface area (Å²) < 4.78 is 1.35. The maximum atomic E-state index is 12.1. The molecule has 1 heterocycles. The Morgan fingerprint density at radius 2 is 1.69 bits per heavy atom. The molecule has 0 atom stereocenters. The van der Waals surface area contributed by atoms with Crippen LogP contribution in [0, 0.1) is 0 Å². The molecule has 6 nitrogen and oxygen atoms in total. The maximum absolute atomic E-state index is 12.1. The third-order valence-corrected chi connectivity index (χ3v) is 4.60. The number of hydrogen-bond donors (Lipinski definition) is 1. The largest absolute Gasteiger partial charge is 0.355 e. The van der Waals surface area contributed by atoms with Crippen molar-refractivity contribution in [2.75, 3.05) is 20.1 Å². The second-order valence-electron chi connectivity index (χ2n) is 6.97. The van der Waals surface area contributed by atoms with E-state index in [0.717, 1.165) is 18.7 Å². The summed E-state index contributed by atoms with van der Waals surface area (Å²) in [4.78, 5) is 26.4. The predicted molar refractivity (Wildman–Crippen MR) is 114 cm³/mol. The monoisotopic (exact) mass is 390 g/mol. The lowest BCUT2D eigenvalue weighted by Crippen LogP contribution is -2.34. The van der Waals surface area contributed by atoms with Gasteiger partial charge in [-0.3, -0.25) is 9.59 Å². The smallest absolute Gasteiger partial charge is 0.266 e. The molecule has 0 saturated carbocycles. The van der Waals surface area contributed by atoms with Gasteiger partial charge in [-0.2, -0.15) is 5.10 Å². The number of nitrogens with one attached hydrogen (secondary N) is 1. The van der Waals surface area contributed by atoms with Gasteiger partial charge in [0.1, 0.15) is 0 Å². The molecule has 0 aliphatic rings. The molecular weight excluding hydrogens is 364 g/mol. The molecule has 0 bridgehead atoms. The second-order valence-corrected chi connectivity index (χ2v) is 6.97. The Morgan fingerprint density at radius 1 is 1.00 bits per heavy atom. The first-order valence-electron chi connectivity index (χ1n) is 9.74. The lowest BCUT2D eigenvalue weighted by atomic mass is 10.1. The van der Waals surface area contributed by atoms with Gasteiger partial charge in [0.2, 0.25) is 5.91 Å². The van der Waals surface area contributed by atoms with Crippen LogP contribution in [0.15, 0.2) is 77.6 Å². The van der Waals surface area contributed by atoms with Crippen LogP contribution in [0.2, 0.25) is 0 Å². The van der Waals surface area contributed by atoms with Crippen LogP contribution in [0.4, 0.5) is 0 Å². The molecule has 29 heavy (non-hydrogen) atoms. The van der Waals surface area contributed by atoms with Crippen LogP contribution >= 0.6 is 0 Å². The van der Waals surface area contributed by atoms with Crippen LogP contribution in [0.25, 0.3) is 11.3 Å². The highest BCUT2D eigenvalue weighted by molar-refractivity contribution is 5.75. The fourth-order valence-corrected chi connectivity index (χ4v) is 3.03. The highest BCUT2D eigenvalue weighted by Crippen LogP contribution is 2.13. The van der Waals surface area contributed by atoms with E-state index in [0.29, 0.717) is 12.2 Å². The predicted octanol–water partition coefficient (Wildman–Crippen LogP) is 2.55. The molecule has 3 aromatic rings. The van der Waals surface area contributed by atoms with Crippen molar-refractivity contribution in [2.24, 2.45) is 0 Å². The van der Waals surface area contributed by atoms with Gasteiger partial charge >= 0.3 is 0 Å². The zero-order valence-electron chi connectivity index (χ0n) is 16.6. The first-order chi connectivity index (χ1) is 14.1. The summed E-state index contributed by atoms with van der Waals surface area (Å²) in [6, 6.07) is 23.1. The van der Waals surface area contributed by atoms with Crippen molar-refractivity contribution < 1.29 is 4.79 Å². The molecule has 1 N–H and O–H groups in total. The molecule has 0 unspecified atom stereocenters. The molecule has 3 rings (SSSR count). The van der Waals surface area contributed by atoms with Gasteiger partial charge in [-0.25, -0.2) is 4.68 Å². The number of rotatable bonds is 9. The molecule has 0 radical (unpaired) electrons. The quantitative estimate of drug-likeness (QED) is 0.610. The van der Waals surface area contributed by atoms with Crippen molar-refractivity contribution in [3.05, 3.63) is 88.7 Å². The number of carbonyl (C=O) groups excluding carboxylic acids is 1. The van der Waals surface area contributed by atoms with E-state index in [1.165, 1.54) is 16.3 Å². The van der Waals surface area contributed by atoms with Crippen LogP contribution in [0.5, 0.6) is 0 Å². The zero-order chi connectivity index (χ0) is 20.5. The summed E-state index contributed by atoms with van der Waals surface area (Å²) in [5.74, 6) is -0.0862. The van der Waals surface area contributed by atoms with Crippen LogP contribution in [-0.2, 0) is 17.9 Å². The van der Waals surface area contributed by atoms with Crippen LogP contribution in [0.3, 0.4) is 0 Å².